The molecule has 1 saturated heterocycles. The summed E-state index contributed by atoms with van der Waals surface area (Å²) in [7, 11) is 0. The zero-order chi connectivity index (χ0) is 19.4. The maximum Gasteiger partial charge on any atom is 0.273 e. The number of hydrogen-bond acceptors (Lipinski definition) is 4. The smallest absolute Gasteiger partial charge is 0.273 e. The molecule has 6 heteroatoms. The van der Waals surface area contributed by atoms with Gasteiger partial charge in [0.15, 0.2) is 5.60 Å². The number of rotatable bonds is 4. The first kappa shape index (κ1) is 18.2. The summed E-state index contributed by atoms with van der Waals surface area (Å²) in [5, 5.41) is 6.90. The summed E-state index contributed by atoms with van der Waals surface area (Å²) < 4.78 is 0. The van der Waals surface area contributed by atoms with Crippen LogP contribution in [0.25, 0.3) is 0 Å². The van der Waals surface area contributed by atoms with Gasteiger partial charge in [0.1, 0.15) is 5.71 Å². The first-order chi connectivity index (χ1) is 13.6. The number of carbonyl (C=O) groups is 2. The normalized spacial score (nSPS) is 21.1. The highest BCUT2D eigenvalue weighted by atomic mass is 16.7. The van der Waals surface area contributed by atoms with Crippen molar-refractivity contribution in [3.05, 3.63) is 66.2 Å². The zero-order valence-electron chi connectivity index (χ0n) is 15.6. The van der Waals surface area contributed by atoms with Crippen LogP contribution in [0, 0.1) is 0 Å². The lowest BCUT2D eigenvalue weighted by Gasteiger charge is -2.38. The number of likely N-dealkylation sites (tertiary alicyclic amines) is 1. The van der Waals surface area contributed by atoms with Gasteiger partial charge in [0, 0.05) is 18.7 Å². The van der Waals surface area contributed by atoms with Gasteiger partial charge in [0.25, 0.3) is 5.91 Å². The Morgan fingerprint density at radius 1 is 1.07 bits per heavy atom. The Hall–Kier alpha value is -3.15. The molecule has 0 radical (unpaired) electrons. The minimum absolute atomic E-state index is 0.0797. The van der Waals surface area contributed by atoms with Gasteiger partial charge in [0.2, 0.25) is 5.91 Å². The first-order valence-corrected chi connectivity index (χ1v) is 9.57. The lowest BCUT2D eigenvalue weighted by atomic mass is 9.87. The Kier molecular flexibility index (Phi) is 5.10. The SMILES string of the molecule is O=C(Nc1ccccc1)C1=NOC2(CCCN(C(=O)Cc3ccccc3)C2)C1. The van der Waals surface area contributed by atoms with Gasteiger partial charge in [-0.2, -0.15) is 0 Å². The molecular weight excluding hydrogens is 354 g/mol. The molecule has 0 saturated carbocycles. The molecule has 1 fully saturated rings. The average Bonchev–Trinajstić information content (AvgIpc) is 3.13. The molecule has 2 aromatic carbocycles. The molecular formula is C22H23N3O3. The van der Waals surface area contributed by atoms with Gasteiger partial charge in [-0.05, 0) is 30.5 Å². The summed E-state index contributed by atoms with van der Waals surface area (Å²) in [6.07, 6.45) is 2.41. The zero-order valence-corrected chi connectivity index (χ0v) is 15.6. The molecule has 1 unspecified atom stereocenters. The molecule has 2 heterocycles. The Bertz CT molecular complexity index is 882. The van der Waals surface area contributed by atoms with E-state index in [1.165, 1.54) is 0 Å². The molecule has 0 bridgehead atoms. The number of hydrogen-bond donors (Lipinski definition) is 1. The van der Waals surface area contributed by atoms with Crippen molar-refractivity contribution >= 4 is 23.2 Å². The number of amides is 2. The first-order valence-electron chi connectivity index (χ1n) is 9.57. The van der Waals surface area contributed by atoms with E-state index in [0.717, 1.165) is 24.1 Å². The molecule has 1 atom stereocenters. The van der Waals surface area contributed by atoms with Crippen molar-refractivity contribution in [1.82, 2.24) is 4.90 Å². The van der Waals surface area contributed by atoms with Crippen molar-refractivity contribution in [2.75, 3.05) is 18.4 Å². The van der Waals surface area contributed by atoms with E-state index in [1.54, 1.807) is 0 Å². The predicted octanol–water partition coefficient (Wildman–Crippen LogP) is 3.01. The summed E-state index contributed by atoms with van der Waals surface area (Å²) in [6.45, 7) is 1.17. The molecule has 1 spiro atoms. The van der Waals surface area contributed by atoms with Crippen molar-refractivity contribution in [1.29, 1.82) is 0 Å². The molecule has 144 valence electrons. The van der Waals surface area contributed by atoms with Gasteiger partial charge in [-0.25, -0.2) is 0 Å². The van der Waals surface area contributed by atoms with Crippen LogP contribution in [0.15, 0.2) is 65.8 Å². The van der Waals surface area contributed by atoms with E-state index < -0.39 is 5.60 Å². The number of piperidine rings is 1. The average molecular weight is 377 g/mol. The second-order valence-electron chi connectivity index (χ2n) is 7.39. The molecule has 0 aromatic heterocycles. The van der Waals surface area contributed by atoms with Gasteiger partial charge < -0.3 is 15.1 Å². The van der Waals surface area contributed by atoms with E-state index in [-0.39, 0.29) is 11.8 Å². The predicted molar refractivity (Wildman–Crippen MR) is 107 cm³/mol. The minimum atomic E-state index is -0.589. The van der Waals surface area contributed by atoms with Gasteiger partial charge >= 0.3 is 0 Å². The largest absolute Gasteiger partial charge is 0.386 e. The van der Waals surface area contributed by atoms with Crippen LogP contribution in [0.1, 0.15) is 24.8 Å². The molecule has 1 N–H and O–H groups in total. The number of benzene rings is 2. The van der Waals surface area contributed by atoms with Gasteiger partial charge in [0.05, 0.1) is 13.0 Å². The van der Waals surface area contributed by atoms with Crippen molar-refractivity contribution < 1.29 is 14.4 Å². The van der Waals surface area contributed by atoms with Crippen molar-refractivity contribution in [2.24, 2.45) is 5.16 Å². The fourth-order valence-electron chi connectivity index (χ4n) is 3.78. The van der Waals surface area contributed by atoms with Crippen LogP contribution in [0.3, 0.4) is 0 Å². The number of oxime groups is 1. The summed E-state index contributed by atoms with van der Waals surface area (Å²) in [4.78, 5) is 32.8. The van der Waals surface area contributed by atoms with Crippen LogP contribution >= 0.6 is 0 Å². The number of carbonyl (C=O) groups excluding carboxylic acids is 2. The molecule has 2 aliphatic rings. The van der Waals surface area contributed by atoms with Gasteiger partial charge in [-0.1, -0.05) is 53.7 Å². The minimum Gasteiger partial charge on any atom is -0.386 e. The van der Waals surface area contributed by atoms with Gasteiger partial charge in [-0.3, -0.25) is 9.59 Å². The maximum atomic E-state index is 12.7. The summed E-state index contributed by atoms with van der Waals surface area (Å²) in [6, 6.07) is 19.0. The number of nitrogens with zero attached hydrogens (tertiary/aromatic N) is 2. The van der Waals surface area contributed by atoms with Crippen molar-refractivity contribution in [3.8, 4) is 0 Å². The van der Waals surface area contributed by atoms with Crippen LogP contribution in [0.4, 0.5) is 5.69 Å². The number of anilines is 1. The molecule has 0 aliphatic carbocycles. The third-order valence-corrected chi connectivity index (χ3v) is 5.22. The Morgan fingerprint density at radius 2 is 1.79 bits per heavy atom. The second-order valence-corrected chi connectivity index (χ2v) is 7.39. The van der Waals surface area contributed by atoms with Crippen LogP contribution in [-0.2, 0) is 20.8 Å². The molecule has 2 aliphatic heterocycles. The van der Waals surface area contributed by atoms with Crippen LogP contribution < -0.4 is 5.32 Å². The van der Waals surface area contributed by atoms with Gasteiger partial charge in [-0.15, -0.1) is 0 Å². The number of nitrogens with one attached hydrogen (secondary N) is 1. The highest BCUT2D eigenvalue weighted by Gasteiger charge is 2.45. The Balaban J connectivity index is 1.37. The molecule has 28 heavy (non-hydrogen) atoms. The van der Waals surface area contributed by atoms with Crippen LogP contribution in [0.2, 0.25) is 0 Å². The molecule has 4 rings (SSSR count). The Labute approximate surface area is 164 Å². The summed E-state index contributed by atoms with van der Waals surface area (Å²) >= 11 is 0. The lowest BCUT2D eigenvalue weighted by Crippen LogP contribution is -2.51. The maximum absolute atomic E-state index is 12.7. The van der Waals surface area contributed by atoms with E-state index in [0.29, 0.717) is 31.6 Å². The number of para-hydroxylation sites is 1. The molecule has 2 amide bonds. The quantitative estimate of drug-likeness (QED) is 0.890. The summed E-state index contributed by atoms with van der Waals surface area (Å²) in [5.74, 6) is -0.174. The highest BCUT2D eigenvalue weighted by molar-refractivity contribution is 6.43. The molecule has 2 aromatic rings. The second kappa shape index (κ2) is 7.84. The van der Waals surface area contributed by atoms with E-state index in [1.807, 2.05) is 65.6 Å². The molecule has 6 nitrogen and oxygen atoms in total. The van der Waals surface area contributed by atoms with Crippen LogP contribution in [-0.4, -0.2) is 41.1 Å². The fourth-order valence-corrected chi connectivity index (χ4v) is 3.78. The van der Waals surface area contributed by atoms with Crippen molar-refractivity contribution in [3.63, 3.8) is 0 Å². The van der Waals surface area contributed by atoms with E-state index in [2.05, 4.69) is 10.5 Å². The van der Waals surface area contributed by atoms with E-state index in [4.69, 9.17) is 4.84 Å². The summed E-state index contributed by atoms with van der Waals surface area (Å²) in [5.41, 5.74) is 1.51. The highest BCUT2D eigenvalue weighted by Crippen LogP contribution is 2.34. The van der Waals surface area contributed by atoms with E-state index in [9.17, 15) is 9.59 Å². The third kappa shape index (κ3) is 4.06. The van der Waals surface area contributed by atoms with E-state index >= 15 is 0 Å². The third-order valence-electron chi connectivity index (χ3n) is 5.22. The van der Waals surface area contributed by atoms with Crippen LogP contribution in [0.5, 0.6) is 0 Å². The lowest BCUT2D eigenvalue weighted by molar-refractivity contribution is -0.139. The van der Waals surface area contributed by atoms with Crippen molar-refractivity contribution in [2.45, 2.75) is 31.3 Å². The standard InChI is InChI=1S/C22H23N3O3/c26-20(14-17-8-3-1-4-9-17)25-13-7-12-22(16-25)15-19(24-28-22)21(27)23-18-10-5-2-6-11-18/h1-6,8-11H,7,12-16H2,(H,23,27). The Morgan fingerprint density at radius 3 is 2.54 bits per heavy atom. The fraction of sp³-hybridized carbons (Fsp3) is 0.318. The monoisotopic (exact) mass is 377 g/mol. The topological polar surface area (TPSA) is 71.0 Å².